The fraction of sp³-hybridized carbons (Fsp3) is 0.556. The molecule has 0 saturated heterocycles. The Morgan fingerprint density at radius 3 is 2.92 bits per heavy atom. The summed E-state index contributed by atoms with van der Waals surface area (Å²) >= 11 is 1.60. The highest BCUT2D eigenvalue weighted by Crippen LogP contribution is 2.21. The van der Waals surface area contributed by atoms with Crippen molar-refractivity contribution in [3.8, 4) is 0 Å². The lowest BCUT2D eigenvalue weighted by molar-refractivity contribution is 0.0561. The molecular formula is C9H14O2S. The molecule has 2 unspecified atom stereocenters. The Bertz CT molecular complexity index is 208. The van der Waals surface area contributed by atoms with E-state index >= 15 is 0 Å². The summed E-state index contributed by atoms with van der Waals surface area (Å²) in [5, 5.41) is 13.6. The van der Waals surface area contributed by atoms with E-state index in [2.05, 4.69) is 0 Å². The molecule has 0 fully saturated rings. The highest BCUT2D eigenvalue weighted by molar-refractivity contribution is 7.07. The van der Waals surface area contributed by atoms with Crippen molar-refractivity contribution in [2.75, 3.05) is 7.11 Å². The van der Waals surface area contributed by atoms with Gasteiger partial charge in [-0.1, -0.05) is 0 Å². The van der Waals surface area contributed by atoms with Gasteiger partial charge in [0.2, 0.25) is 0 Å². The predicted molar refractivity (Wildman–Crippen MR) is 50.4 cm³/mol. The van der Waals surface area contributed by atoms with Gasteiger partial charge in [0.15, 0.2) is 0 Å². The normalized spacial score (nSPS) is 15.9. The Morgan fingerprint density at radius 2 is 2.42 bits per heavy atom. The van der Waals surface area contributed by atoms with Gasteiger partial charge in [0, 0.05) is 13.5 Å². The first-order chi connectivity index (χ1) is 5.74. The van der Waals surface area contributed by atoms with Gasteiger partial charge in [-0.05, 0) is 29.3 Å². The van der Waals surface area contributed by atoms with E-state index in [0.29, 0.717) is 6.42 Å². The molecule has 68 valence electrons. The molecule has 0 bridgehead atoms. The molecule has 3 heteroatoms. The van der Waals surface area contributed by atoms with E-state index < -0.39 is 0 Å². The summed E-state index contributed by atoms with van der Waals surface area (Å²) in [5.41, 5.74) is 0.990. The van der Waals surface area contributed by atoms with E-state index in [1.54, 1.807) is 18.4 Å². The molecule has 0 radical (unpaired) electrons. The van der Waals surface area contributed by atoms with Gasteiger partial charge >= 0.3 is 0 Å². The van der Waals surface area contributed by atoms with Crippen LogP contribution in [0.3, 0.4) is 0 Å². The second kappa shape index (κ2) is 4.60. The molecular weight excluding hydrogens is 172 g/mol. The largest absolute Gasteiger partial charge is 0.388 e. The molecule has 1 heterocycles. The van der Waals surface area contributed by atoms with Gasteiger partial charge in [-0.25, -0.2) is 0 Å². The van der Waals surface area contributed by atoms with Crippen LogP contribution in [0.25, 0.3) is 0 Å². The highest BCUT2D eigenvalue weighted by Gasteiger charge is 2.11. The van der Waals surface area contributed by atoms with E-state index in [0.717, 1.165) is 5.56 Å². The molecule has 0 amide bonds. The first-order valence-corrected chi connectivity index (χ1v) is 4.91. The fourth-order valence-corrected chi connectivity index (χ4v) is 1.72. The van der Waals surface area contributed by atoms with Crippen molar-refractivity contribution in [2.45, 2.75) is 25.6 Å². The van der Waals surface area contributed by atoms with E-state index in [1.165, 1.54) is 0 Å². The van der Waals surface area contributed by atoms with Crippen molar-refractivity contribution in [3.05, 3.63) is 22.4 Å². The Hall–Kier alpha value is -0.380. The van der Waals surface area contributed by atoms with Crippen molar-refractivity contribution in [1.29, 1.82) is 0 Å². The minimum atomic E-state index is -0.383. The molecule has 0 aliphatic heterocycles. The van der Waals surface area contributed by atoms with Gasteiger partial charge < -0.3 is 9.84 Å². The lowest BCUT2D eigenvalue weighted by Gasteiger charge is -2.13. The molecule has 2 nitrogen and oxygen atoms in total. The molecule has 2 atom stereocenters. The molecule has 0 spiro atoms. The van der Waals surface area contributed by atoms with Crippen molar-refractivity contribution in [2.24, 2.45) is 0 Å². The number of methoxy groups -OCH3 is 1. The van der Waals surface area contributed by atoms with Crippen molar-refractivity contribution < 1.29 is 9.84 Å². The number of rotatable bonds is 4. The number of ether oxygens (including phenoxy) is 1. The quantitative estimate of drug-likeness (QED) is 0.781. The molecule has 1 N–H and O–H groups in total. The van der Waals surface area contributed by atoms with Gasteiger partial charge in [0.25, 0.3) is 0 Å². The third-order valence-corrected chi connectivity index (χ3v) is 2.59. The van der Waals surface area contributed by atoms with E-state index in [4.69, 9.17) is 4.74 Å². The van der Waals surface area contributed by atoms with E-state index in [-0.39, 0.29) is 12.2 Å². The number of aliphatic hydroxyl groups excluding tert-OH is 1. The van der Waals surface area contributed by atoms with Gasteiger partial charge in [0.05, 0.1) is 12.2 Å². The molecule has 1 aromatic heterocycles. The zero-order valence-electron chi connectivity index (χ0n) is 7.36. The Morgan fingerprint density at radius 1 is 1.67 bits per heavy atom. The minimum Gasteiger partial charge on any atom is -0.388 e. The van der Waals surface area contributed by atoms with Crippen LogP contribution < -0.4 is 0 Å². The Kier molecular flexibility index (Phi) is 3.72. The first-order valence-electron chi connectivity index (χ1n) is 3.97. The van der Waals surface area contributed by atoms with E-state index in [9.17, 15) is 5.11 Å². The summed E-state index contributed by atoms with van der Waals surface area (Å²) in [6, 6.07) is 1.94. The van der Waals surface area contributed by atoms with Crippen LogP contribution in [0.15, 0.2) is 16.8 Å². The molecule has 1 rings (SSSR count). The van der Waals surface area contributed by atoms with Crippen LogP contribution in [0.5, 0.6) is 0 Å². The number of thiophene rings is 1. The summed E-state index contributed by atoms with van der Waals surface area (Å²) in [4.78, 5) is 0. The van der Waals surface area contributed by atoms with Gasteiger partial charge in [-0.15, -0.1) is 0 Å². The molecule has 1 aromatic rings. The summed E-state index contributed by atoms with van der Waals surface area (Å²) in [6.07, 6.45) is 0.388. The van der Waals surface area contributed by atoms with Crippen LogP contribution in [-0.2, 0) is 4.74 Å². The average molecular weight is 186 g/mol. The van der Waals surface area contributed by atoms with Crippen LogP contribution in [0.1, 0.15) is 25.0 Å². The summed E-state index contributed by atoms with van der Waals surface area (Å²) in [7, 11) is 1.66. The molecule has 0 aromatic carbocycles. The first kappa shape index (κ1) is 9.71. The maximum atomic E-state index is 9.64. The maximum Gasteiger partial charge on any atom is 0.0822 e. The summed E-state index contributed by atoms with van der Waals surface area (Å²) in [6.45, 7) is 1.95. The maximum absolute atomic E-state index is 9.64. The third kappa shape index (κ3) is 2.59. The topological polar surface area (TPSA) is 29.5 Å². The van der Waals surface area contributed by atoms with Gasteiger partial charge in [-0.2, -0.15) is 11.3 Å². The van der Waals surface area contributed by atoms with Crippen molar-refractivity contribution in [3.63, 3.8) is 0 Å². The lowest BCUT2D eigenvalue weighted by Crippen LogP contribution is -2.10. The third-order valence-electron chi connectivity index (χ3n) is 1.89. The fourth-order valence-electron chi connectivity index (χ4n) is 1.01. The molecule has 0 aliphatic rings. The SMILES string of the molecule is COC(C)CC(O)c1ccsc1. The van der Waals surface area contributed by atoms with Crippen LogP contribution in [0, 0.1) is 0 Å². The Balaban J connectivity index is 2.44. The van der Waals surface area contributed by atoms with Crippen LogP contribution in [0.4, 0.5) is 0 Å². The predicted octanol–water partition coefficient (Wildman–Crippen LogP) is 2.21. The monoisotopic (exact) mass is 186 g/mol. The number of hydrogen-bond donors (Lipinski definition) is 1. The molecule has 0 aliphatic carbocycles. The molecule has 0 saturated carbocycles. The zero-order valence-corrected chi connectivity index (χ0v) is 8.17. The lowest BCUT2D eigenvalue weighted by atomic mass is 10.1. The van der Waals surface area contributed by atoms with E-state index in [1.807, 2.05) is 23.8 Å². The summed E-state index contributed by atoms with van der Waals surface area (Å²) in [5.74, 6) is 0. The number of hydrogen-bond acceptors (Lipinski definition) is 3. The van der Waals surface area contributed by atoms with Crippen LogP contribution in [-0.4, -0.2) is 18.3 Å². The standard InChI is InChI=1S/C9H14O2S/c1-7(11-2)5-9(10)8-3-4-12-6-8/h3-4,6-7,9-10H,5H2,1-2H3. The second-order valence-corrected chi connectivity index (χ2v) is 3.63. The highest BCUT2D eigenvalue weighted by atomic mass is 32.1. The average Bonchev–Trinajstić information content (AvgIpc) is 2.56. The summed E-state index contributed by atoms with van der Waals surface area (Å²) < 4.78 is 5.06. The molecule has 12 heavy (non-hydrogen) atoms. The minimum absolute atomic E-state index is 0.111. The van der Waals surface area contributed by atoms with Gasteiger partial charge in [-0.3, -0.25) is 0 Å². The van der Waals surface area contributed by atoms with Crippen LogP contribution in [0.2, 0.25) is 0 Å². The zero-order chi connectivity index (χ0) is 8.97. The smallest absolute Gasteiger partial charge is 0.0822 e. The second-order valence-electron chi connectivity index (χ2n) is 2.85. The number of aliphatic hydroxyl groups is 1. The van der Waals surface area contributed by atoms with Crippen molar-refractivity contribution >= 4 is 11.3 Å². The van der Waals surface area contributed by atoms with Crippen molar-refractivity contribution in [1.82, 2.24) is 0 Å². The Labute approximate surface area is 76.8 Å². The van der Waals surface area contributed by atoms with Crippen LogP contribution >= 0.6 is 11.3 Å². The van der Waals surface area contributed by atoms with Gasteiger partial charge in [0.1, 0.15) is 0 Å².